The smallest absolute Gasteiger partial charge is 0.316 e. The van der Waals surface area contributed by atoms with Gasteiger partial charge in [-0.3, -0.25) is 9.59 Å². The van der Waals surface area contributed by atoms with Gasteiger partial charge in [-0.2, -0.15) is 0 Å². The topological polar surface area (TPSA) is 89.5 Å². The Kier molecular flexibility index (Phi) is 6.06. The Morgan fingerprint density at radius 1 is 1.39 bits per heavy atom. The molecule has 1 aliphatic rings. The Morgan fingerprint density at radius 2 is 2.17 bits per heavy atom. The number of carbonyl (C=O) groups excluding carboxylic acids is 2. The van der Waals surface area contributed by atoms with E-state index in [9.17, 15) is 18.0 Å². The highest BCUT2D eigenvalue weighted by Gasteiger charge is 2.28. The van der Waals surface area contributed by atoms with Gasteiger partial charge in [-0.25, -0.2) is 8.42 Å². The molecule has 1 aromatic carbocycles. The summed E-state index contributed by atoms with van der Waals surface area (Å²) in [6.45, 7) is 1.56. The van der Waals surface area contributed by atoms with Gasteiger partial charge in [0.2, 0.25) is 0 Å². The quantitative estimate of drug-likeness (QED) is 0.774. The van der Waals surface area contributed by atoms with Crippen molar-refractivity contribution < 1.29 is 22.7 Å². The molecule has 1 N–H and O–H groups in total. The van der Waals surface area contributed by atoms with Crippen LogP contribution in [0.15, 0.2) is 24.3 Å². The fourth-order valence-electron chi connectivity index (χ4n) is 2.19. The van der Waals surface area contributed by atoms with Crippen LogP contribution in [0.2, 0.25) is 0 Å². The Labute approximate surface area is 139 Å². The standard InChI is InChI=1S/C15H19NO5S2/c1-11-3-2-4-12(7-11)16-14(17)8-21-15(18)9-22-13-5-6-23(19,20)10-13/h2-4,7,13H,5-6,8-10H2,1H3,(H,16,17)/t13-/m1/s1. The molecule has 0 saturated carbocycles. The average Bonchev–Trinajstić information content (AvgIpc) is 2.82. The molecule has 23 heavy (non-hydrogen) atoms. The van der Waals surface area contributed by atoms with Crippen LogP contribution in [-0.2, 0) is 24.2 Å². The number of thioether (sulfide) groups is 1. The zero-order valence-electron chi connectivity index (χ0n) is 12.8. The number of hydrogen-bond donors (Lipinski definition) is 1. The molecule has 1 aromatic rings. The molecule has 6 nitrogen and oxygen atoms in total. The lowest BCUT2D eigenvalue weighted by molar-refractivity contribution is -0.144. The predicted octanol–water partition coefficient (Wildman–Crippen LogP) is 1.40. The van der Waals surface area contributed by atoms with E-state index >= 15 is 0 Å². The summed E-state index contributed by atoms with van der Waals surface area (Å²) in [6.07, 6.45) is 0.564. The second-order valence-corrected chi connectivity index (χ2v) is 8.93. The van der Waals surface area contributed by atoms with E-state index in [1.54, 1.807) is 6.07 Å². The van der Waals surface area contributed by atoms with E-state index in [2.05, 4.69) is 5.32 Å². The molecule has 2 rings (SSSR count). The monoisotopic (exact) mass is 357 g/mol. The lowest BCUT2D eigenvalue weighted by atomic mass is 10.2. The van der Waals surface area contributed by atoms with Gasteiger partial charge in [0.1, 0.15) is 0 Å². The van der Waals surface area contributed by atoms with Crippen LogP contribution in [0.5, 0.6) is 0 Å². The highest BCUT2D eigenvalue weighted by atomic mass is 32.2. The lowest BCUT2D eigenvalue weighted by Crippen LogP contribution is -2.22. The summed E-state index contributed by atoms with van der Waals surface area (Å²) in [5, 5.41) is 2.58. The van der Waals surface area contributed by atoms with Crippen LogP contribution in [0.3, 0.4) is 0 Å². The van der Waals surface area contributed by atoms with Crippen LogP contribution < -0.4 is 5.32 Å². The second kappa shape index (κ2) is 7.83. The maximum absolute atomic E-state index is 11.7. The van der Waals surface area contributed by atoms with Crippen molar-refractivity contribution in [2.45, 2.75) is 18.6 Å². The summed E-state index contributed by atoms with van der Waals surface area (Å²) < 4.78 is 27.5. The maximum atomic E-state index is 11.7. The van der Waals surface area contributed by atoms with E-state index in [0.29, 0.717) is 12.1 Å². The van der Waals surface area contributed by atoms with Crippen LogP contribution in [0.4, 0.5) is 5.69 Å². The number of amides is 1. The van der Waals surface area contributed by atoms with Gasteiger partial charge in [0.25, 0.3) is 5.91 Å². The van der Waals surface area contributed by atoms with Crippen molar-refractivity contribution >= 4 is 39.2 Å². The van der Waals surface area contributed by atoms with Gasteiger partial charge in [-0.15, -0.1) is 11.8 Å². The van der Waals surface area contributed by atoms with Gasteiger partial charge in [0.15, 0.2) is 16.4 Å². The molecule has 1 aliphatic heterocycles. The number of sulfone groups is 1. The number of hydrogen-bond acceptors (Lipinski definition) is 6. The summed E-state index contributed by atoms with van der Waals surface area (Å²) in [5.41, 5.74) is 1.67. The van der Waals surface area contributed by atoms with Gasteiger partial charge in [0, 0.05) is 10.9 Å². The normalized spacial score (nSPS) is 19.3. The zero-order chi connectivity index (χ0) is 16.9. The molecule has 1 saturated heterocycles. The van der Waals surface area contributed by atoms with E-state index in [-0.39, 0.29) is 29.1 Å². The molecule has 0 spiro atoms. The highest BCUT2D eigenvalue weighted by molar-refractivity contribution is 8.02. The van der Waals surface area contributed by atoms with Gasteiger partial charge >= 0.3 is 5.97 Å². The van der Waals surface area contributed by atoms with Gasteiger partial charge in [-0.05, 0) is 31.0 Å². The number of nitrogens with one attached hydrogen (secondary N) is 1. The van der Waals surface area contributed by atoms with E-state index in [4.69, 9.17) is 4.74 Å². The minimum absolute atomic E-state index is 0.0535. The number of carbonyl (C=O) groups is 2. The van der Waals surface area contributed by atoms with Crippen LogP contribution >= 0.6 is 11.8 Å². The minimum Gasteiger partial charge on any atom is -0.455 e. The summed E-state index contributed by atoms with van der Waals surface area (Å²) in [7, 11) is -2.94. The van der Waals surface area contributed by atoms with E-state index < -0.39 is 21.7 Å². The predicted molar refractivity (Wildman–Crippen MR) is 90.3 cm³/mol. The molecule has 0 aromatic heterocycles. The molecule has 1 atom stereocenters. The molecule has 126 valence electrons. The minimum atomic E-state index is -2.94. The fourth-order valence-corrected chi connectivity index (χ4v) is 5.62. The van der Waals surface area contributed by atoms with Crippen molar-refractivity contribution in [3.05, 3.63) is 29.8 Å². The zero-order valence-corrected chi connectivity index (χ0v) is 14.4. The molecule has 0 aliphatic carbocycles. The molecule has 0 bridgehead atoms. The maximum Gasteiger partial charge on any atom is 0.316 e. The van der Waals surface area contributed by atoms with E-state index in [1.165, 1.54) is 11.8 Å². The number of aryl methyl sites for hydroxylation is 1. The Balaban J connectivity index is 1.67. The van der Waals surface area contributed by atoms with Crippen molar-refractivity contribution in [3.63, 3.8) is 0 Å². The Bertz CT molecular complexity index is 687. The molecule has 0 unspecified atom stereocenters. The van der Waals surface area contributed by atoms with Gasteiger partial charge in [-0.1, -0.05) is 12.1 Å². The molecule has 1 heterocycles. The number of esters is 1. The number of benzene rings is 1. The molecule has 1 fully saturated rings. The summed E-state index contributed by atoms with van der Waals surface area (Å²) in [4.78, 5) is 23.3. The number of ether oxygens (including phenoxy) is 1. The highest BCUT2D eigenvalue weighted by Crippen LogP contribution is 2.24. The molecular weight excluding hydrogens is 338 g/mol. The van der Waals surface area contributed by atoms with Crippen LogP contribution in [0.25, 0.3) is 0 Å². The molecule has 8 heteroatoms. The first-order chi connectivity index (χ1) is 10.8. The van der Waals surface area contributed by atoms with E-state index in [0.717, 1.165) is 5.56 Å². The van der Waals surface area contributed by atoms with Crippen molar-refractivity contribution in [2.75, 3.05) is 29.2 Å². The first kappa shape index (κ1) is 17.8. The van der Waals surface area contributed by atoms with Gasteiger partial charge < -0.3 is 10.1 Å². The van der Waals surface area contributed by atoms with Crippen molar-refractivity contribution in [1.29, 1.82) is 0 Å². The van der Waals surface area contributed by atoms with Crippen LogP contribution in [0, 0.1) is 6.92 Å². The third kappa shape index (κ3) is 6.23. The Morgan fingerprint density at radius 3 is 2.83 bits per heavy atom. The summed E-state index contributed by atoms with van der Waals surface area (Å²) in [6, 6.07) is 7.30. The SMILES string of the molecule is Cc1cccc(NC(=O)COC(=O)CS[C@@H]2CCS(=O)(=O)C2)c1. The third-order valence-electron chi connectivity index (χ3n) is 3.29. The molecule has 1 amide bonds. The molecule has 0 radical (unpaired) electrons. The van der Waals surface area contributed by atoms with Crippen LogP contribution in [-0.4, -0.2) is 49.4 Å². The largest absolute Gasteiger partial charge is 0.455 e. The number of anilines is 1. The van der Waals surface area contributed by atoms with Crippen molar-refractivity contribution in [2.24, 2.45) is 0 Å². The van der Waals surface area contributed by atoms with E-state index in [1.807, 2.05) is 25.1 Å². The first-order valence-corrected chi connectivity index (χ1v) is 10.1. The molecular formula is C15H19NO5S2. The second-order valence-electron chi connectivity index (χ2n) is 5.41. The first-order valence-electron chi connectivity index (χ1n) is 7.18. The third-order valence-corrected chi connectivity index (χ3v) is 6.55. The summed E-state index contributed by atoms with van der Waals surface area (Å²) in [5.74, 6) is -0.578. The van der Waals surface area contributed by atoms with Crippen molar-refractivity contribution in [1.82, 2.24) is 0 Å². The fraction of sp³-hybridized carbons (Fsp3) is 0.467. The summed E-state index contributed by atoms with van der Waals surface area (Å²) >= 11 is 1.27. The lowest BCUT2D eigenvalue weighted by Gasteiger charge is -2.09. The number of rotatable bonds is 6. The Hall–Kier alpha value is -1.54. The average molecular weight is 357 g/mol. The van der Waals surface area contributed by atoms with Crippen molar-refractivity contribution in [3.8, 4) is 0 Å². The van der Waals surface area contributed by atoms with Crippen LogP contribution in [0.1, 0.15) is 12.0 Å². The van der Waals surface area contributed by atoms with Gasteiger partial charge in [0.05, 0.1) is 17.3 Å².